The third kappa shape index (κ3) is 5.49. The molecule has 5 heteroatoms. The number of aryl methyl sites for hydroxylation is 2. The molecule has 2 aliphatic rings. The normalized spacial score (nSPS) is 18.4. The number of aromatic hydroxyl groups is 1. The van der Waals surface area contributed by atoms with Crippen LogP contribution in [0.2, 0.25) is 0 Å². The summed E-state index contributed by atoms with van der Waals surface area (Å²) in [6, 6.07) is 5.97. The van der Waals surface area contributed by atoms with Crippen molar-refractivity contribution in [3.63, 3.8) is 0 Å². The third-order valence-corrected chi connectivity index (χ3v) is 6.51. The van der Waals surface area contributed by atoms with Crippen molar-refractivity contribution >= 4 is 12.4 Å². The number of phenolic OH excluding ortho intramolecular Hbond substituents is 1. The maximum atomic E-state index is 11.2. The molecule has 0 saturated heterocycles. The van der Waals surface area contributed by atoms with Gasteiger partial charge in [0.05, 0.1) is 5.41 Å². The molecule has 1 aromatic rings. The zero-order valence-electron chi connectivity index (χ0n) is 16.6. The Morgan fingerprint density at radius 3 is 2.32 bits per heavy atom. The number of hydrogen-bond acceptors (Lipinski definition) is 4. The molecule has 2 N–H and O–H groups in total. The van der Waals surface area contributed by atoms with Crippen LogP contribution in [0.1, 0.15) is 81.8 Å². The van der Waals surface area contributed by atoms with E-state index in [4.69, 9.17) is 4.74 Å². The fourth-order valence-electron chi connectivity index (χ4n) is 4.10. The Morgan fingerprint density at radius 2 is 1.71 bits per heavy atom. The Labute approximate surface area is 167 Å². The number of ether oxygens (including phenoxy) is 1. The van der Waals surface area contributed by atoms with E-state index in [1.54, 1.807) is 0 Å². The van der Waals surface area contributed by atoms with E-state index in [0.29, 0.717) is 12.2 Å². The fourth-order valence-corrected chi connectivity index (χ4v) is 4.10. The summed E-state index contributed by atoms with van der Waals surface area (Å²) >= 11 is 0. The molecule has 0 unspecified atom stereocenters. The van der Waals surface area contributed by atoms with Crippen molar-refractivity contribution in [2.75, 3.05) is 0 Å². The summed E-state index contributed by atoms with van der Waals surface area (Å²) < 4.78 is 5.16. The Bertz CT molecular complexity index is 688. The molecule has 0 bridgehead atoms. The van der Waals surface area contributed by atoms with Crippen LogP contribution in [0.5, 0.6) is 5.75 Å². The van der Waals surface area contributed by atoms with Gasteiger partial charge in [0.15, 0.2) is 0 Å². The molecule has 3 rings (SSSR count). The van der Waals surface area contributed by atoms with Crippen LogP contribution in [0.4, 0.5) is 0 Å². The summed E-state index contributed by atoms with van der Waals surface area (Å²) in [7, 11) is 0. The van der Waals surface area contributed by atoms with Crippen molar-refractivity contribution in [1.82, 2.24) is 0 Å². The monoisotopic (exact) mass is 388 g/mol. The van der Waals surface area contributed by atoms with Gasteiger partial charge in [-0.2, -0.15) is 0 Å². The SMILES string of the molecule is O=COC1(CCCCc2ccc(CCCCCC3(C(=O)O)CC3)cc2O)CC1. The number of carbonyl (C=O) groups excluding carboxylic acids is 1. The minimum absolute atomic E-state index is 0.183. The maximum absolute atomic E-state index is 11.2. The van der Waals surface area contributed by atoms with E-state index in [1.807, 2.05) is 12.1 Å². The highest BCUT2D eigenvalue weighted by molar-refractivity contribution is 5.77. The molecule has 2 fully saturated rings. The Hall–Kier alpha value is -2.04. The van der Waals surface area contributed by atoms with E-state index in [1.165, 1.54) is 0 Å². The number of carbonyl (C=O) groups is 2. The summed E-state index contributed by atoms with van der Waals surface area (Å²) in [5, 5.41) is 19.5. The van der Waals surface area contributed by atoms with Gasteiger partial charge in [-0.15, -0.1) is 0 Å². The molecule has 0 aromatic heterocycles. The number of phenols is 1. The average molecular weight is 389 g/mol. The molecular formula is C23H32O5. The van der Waals surface area contributed by atoms with Gasteiger partial charge in [0.1, 0.15) is 11.4 Å². The Kier molecular flexibility index (Phi) is 6.63. The topological polar surface area (TPSA) is 83.8 Å². The molecule has 1 aromatic carbocycles. The highest BCUT2D eigenvalue weighted by Gasteiger charge is 2.49. The highest BCUT2D eigenvalue weighted by atomic mass is 16.5. The molecule has 0 spiro atoms. The van der Waals surface area contributed by atoms with E-state index < -0.39 is 11.4 Å². The van der Waals surface area contributed by atoms with E-state index >= 15 is 0 Å². The van der Waals surface area contributed by atoms with Crippen molar-refractivity contribution in [2.24, 2.45) is 5.41 Å². The van der Waals surface area contributed by atoms with Gasteiger partial charge in [0.2, 0.25) is 0 Å². The van der Waals surface area contributed by atoms with E-state index in [2.05, 4.69) is 6.07 Å². The first-order valence-corrected chi connectivity index (χ1v) is 10.6. The Morgan fingerprint density at radius 1 is 1.00 bits per heavy atom. The van der Waals surface area contributed by atoms with Crippen LogP contribution in [0.3, 0.4) is 0 Å². The lowest BCUT2D eigenvalue weighted by molar-refractivity contribution is -0.143. The molecule has 0 atom stereocenters. The van der Waals surface area contributed by atoms with Gasteiger partial charge in [-0.3, -0.25) is 9.59 Å². The second-order valence-corrected chi connectivity index (χ2v) is 8.71. The van der Waals surface area contributed by atoms with Gasteiger partial charge in [0.25, 0.3) is 6.47 Å². The summed E-state index contributed by atoms with van der Waals surface area (Å²) in [4.78, 5) is 21.7. The molecule has 0 heterocycles. The van der Waals surface area contributed by atoms with Gasteiger partial charge in [-0.1, -0.05) is 25.0 Å². The summed E-state index contributed by atoms with van der Waals surface area (Å²) in [5.41, 5.74) is 1.52. The van der Waals surface area contributed by atoms with E-state index in [0.717, 1.165) is 94.6 Å². The van der Waals surface area contributed by atoms with Gasteiger partial charge in [-0.05, 0) is 87.8 Å². The first kappa shape index (κ1) is 20.7. The van der Waals surface area contributed by atoms with Crippen molar-refractivity contribution in [2.45, 2.75) is 89.1 Å². The second kappa shape index (κ2) is 8.97. The lowest BCUT2D eigenvalue weighted by Gasteiger charge is -2.13. The Balaban J connectivity index is 1.32. The summed E-state index contributed by atoms with van der Waals surface area (Å²) in [5.74, 6) is -0.262. The molecule has 0 amide bonds. The van der Waals surface area contributed by atoms with Gasteiger partial charge < -0.3 is 14.9 Å². The number of benzene rings is 1. The van der Waals surface area contributed by atoms with Crippen LogP contribution in [0.15, 0.2) is 18.2 Å². The second-order valence-electron chi connectivity index (χ2n) is 8.71. The van der Waals surface area contributed by atoms with Crippen molar-refractivity contribution < 1.29 is 24.5 Å². The first-order valence-electron chi connectivity index (χ1n) is 10.6. The lowest BCUT2D eigenvalue weighted by Crippen LogP contribution is -2.14. The third-order valence-electron chi connectivity index (χ3n) is 6.51. The first-order chi connectivity index (χ1) is 13.5. The van der Waals surface area contributed by atoms with Crippen LogP contribution in [-0.4, -0.2) is 28.3 Å². The van der Waals surface area contributed by atoms with Gasteiger partial charge in [-0.25, -0.2) is 0 Å². The number of hydrogen-bond donors (Lipinski definition) is 2. The zero-order valence-corrected chi connectivity index (χ0v) is 16.6. The number of rotatable bonds is 14. The highest BCUT2D eigenvalue weighted by Crippen LogP contribution is 2.50. The lowest BCUT2D eigenvalue weighted by atomic mass is 9.96. The van der Waals surface area contributed by atoms with Crippen LogP contribution in [0.25, 0.3) is 0 Å². The van der Waals surface area contributed by atoms with E-state index in [-0.39, 0.29) is 5.60 Å². The number of aliphatic carboxylic acids is 1. The van der Waals surface area contributed by atoms with Gasteiger partial charge >= 0.3 is 5.97 Å². The molecule has 28 heavy (non-hydrogen) atoms. The fraction of sp³-hybridized carbons (Fsp3) is 0.652. The van der Waals surface area contributed by atoms with Crippen molar-refractivity contribution in [3.05, 3.63) is 29.3 Å². The smallest absolute Gasteiger partial charge is 0.309 e. The minimum Gasteiger partial charge on any atom is -0.508 e. The maximum Gasteiger partial charge on any atom is 0.309 e. The summed E-state index contributed by atoms with van der Waals surface area (Å²) in [6.07, 6.45) is 12.1. The standard InChI is InChI=1S/C23H32O5/c24-17-28-23(14-15-23)11-5-3-7-19-9-8-18(16-20(19)25)6-2-1-4-10-22(12-13-22)21(26)27/h8-9,16-17,25H,1-7,10-15H2,(H,26,27). The quantitative estimate of drug-likeness (QED) is 0.354. The molecule has 154 valence electrons. The van der Waals surface area contributed by atoms with Crippen LogP contribution >= 0.6 is 0 Å². The number of carboxylic acids is 1. The van der Waals surface area contributed by atoms with Crippen LogP contribution < -0.4 is 0 Å². The van der Waals surface area contributed by atoms with Gasteiger partial charge in [0, 0.05) is 0 Å². The average Bonchev–Trinajstić information content (AvgIpc) is 3.57. The predicted molar refractivity (Wildman–Crippen MR) is 106 cm³/mol. The predicted octanol–water partition coefficient (Wildman–Crippen LogP) is 4.78. The van der Waals surface area contributed by atoms with Crippen LogP contribution in [0, 0.1) is 5.41 Å². The molecular weight excluding hydrogens is 356 g/mol. The largest absolute Gasteiger partial charge is 0.508 e. The van der Waals surface area contributed by atoms with Crippen molar-refractivity contribution in [1.29, 1.82) is 0 Å². The molecule has 5 nitrogen and oxygen atoms in total. The number of unbranched alkanes of at least 4 members (excludes halogenated alkanes) is 3. The molecule has 0 radical (unpaired) electrons. The van der Waals surface area contributed by atoms with Crippen molar-refractivity contribution in [3.8, 4) is 5.75 Å². The number of carboxylic acid groups (broad SMARTS) is 1. The van der Waals surface area contributed by atoms with Crippen LogP contribution in [-0.2, 0) is 27.2 Å². The minimum atomic E-state index is -0.628. The zero-order chi connectivity index (χ0) is 20.0. The molecule has 2 saturated carbocycles. The molecule has 2 aliphatic carbocycles. The summed E-state index contributed by atoms with van der Waals surface area (Å²) in [6.45, 7) is 0.563. The molecule has 0 aliphatic heterocycles. The van der Waals surface area contributed by atoms with E-state index in [9.17, 15) is 19.8 Å².